The minimum Gasteiger partial charge on any atom is -0.288 e. The lowest BCUT2D eigenvalue weighted by atomic mass is 10.1. The zero-order valence-corrected chi connectivity index (χ0v) is 17.1. The average molecular weight is 437 g/mol. The van der Waals surface area contributed by atoms with Crippen molar-refractivity contribution < 1.29 is 8.78 Å². The van der Waals surface area contributed by atoms with Gasteiger partial charge in [-0.3, -0.25) is 13.8 Å². The summed E-state index contributed by atoms with van der Waals surface area (Å²) in [6.07, 6.45) is 0. The van der Waals surface area contributed by atoms with Gasteiger partial charge in [-0.2, -0.15) is 0 Å². The lowest BCUT2D eigenvalue weighted by Gasteiger charge is -2.14. The number of halogens is 2. The molecule has 3 nitrogen and oxygen atoms in total. The molecule has 0 N–H and O–H groups in total. The van der Waals surface area contributed by atoms with E-state index in [1.54, 1.807) is 51.4 Å². The molecule has 5 aromatic rings. The van der Waals surface area contributed by atoms with E-state index in [4.69, 9.17) is 12.2 Å². The van der Waals surface area contributed by atoms with Crippen molar-refractivity contribution in [1.82, 2.24) is 8.97 Å². The predicted molar refractivity (Wildman–Crippen MR) is 119 cm³/mol. The smallest absolute Gasteiger partial charge is 0.261 e. The van der Waals surface area contributed by atoms with Crippen LogP contribution in [0.2, 0.25) is 0 Å². The highest BCUT2D eigenvalue weighted by molar-refractivity contribution is 7.73. The molecule has 148 valence electrons. The van der Waals surface area contributed by atoms with E-state index < -0.39 is 5.82 Å². The maximum atomic E-state index is 14.7. The van der Waals surface area contributed by atoms with E-state index in [1.165, 1.54) is 29.5 Å². The van der Waals surface area contributed by atoms with Crippen LogP contribution in [0.25, 0.3) is 27.0 Å². The summed E-state index contributed by atoms with van der Waals surface area (Å²) in [5.41, 5.74) is 1.93. The van der Waals surface area contributed by atoms with Crippen molar-refractivity contribution >= 4 is 40.1 Å². The first-order valence-corrected chi connectivity index (χ1v) is 10.4. The van der Waals surface area contributed by atoms with Gasteiger partial charge >= 0.3 is 0 Å². The second-order valence-electron chi connectivity index (χ2n) is 6.87. The molecule has 0 spiro atoms. The first-order valence-electron chi connectivity index (χ1n) is 9.21. The van der Waals surface area contributed by atoms with Gasteiger partial charge in [-0.05, 0) is 48.1 Å². The van der Waals surface area contributed by atoms with E-state index >= 15 is 0 Å². The van der Waals surface area contributed by atoms with Gasteiger partial charge < -0.3 is 0 Å². The Balaban J connectivity index is 1.93. The first-order chi connectivity index (χ1) is 14.5. The molecule has 5 rings (SSSR count). The fraction of sp³-hybridized carbons (Fsp3) is 0.0435. The van der Waals surface area contributed by atoms with Crippen LogP contribution in [-0.4, -0.2) is 8.97 Å². The van der Waals surface area contributed by atoms with Crippen LogP contribution in [0.15, 0.2) is 77.6 Å². The molecule has 0 saturated heterocycles. The summed E-state index contributed by atoms with van der Waals surface area (Å²) < 4.78 is 32.3. The van der Waals surface area contributed by atoms with Crippen LogP contribution in [0.1, 0.15) is 5.56 Å². The van der Waals surface area contributed by atoms with Crippen molar-refractivity contribution in [3.63, 3.8) is 0 Å². The Morgan fingerprint density at radius 1 is 0.933 bits per heavy atom. The van der Waals surface area contributed by atoms with Crippen molar-refractivity contribution in [2.24, 2.45) is 0 Å². The van der Waals surface area contributed by atoms with E-state index in [2.05, 4.69) is 0 Å². The molecule has 0 aliphatic heterocycles. The molecule has 0 fully saturated rings. The zero-order valence-electron chi connectivity index (χ0n) is 15.5. The Kier molecular flexibility index (Phi) is 4.56. The number of nitrogens with zero attached hydrogens (tertiary/aromatic N) is 2. The highest BCUT2D eigenvalue weighted by Crippen LogP contribution is 2.34. The third-order valence-corrected chi connectivity index (χ3v) is 6.41. The number of para-hydroxylation sites is 1. The van der Waals surface area contributed by atoms with Gasteiger partial charge in [-0.15, -0.1) is 11.3 Å². The van der Waals surface area contributed by atoms with Gasteiger partial charge in [0.1, 0.15) is 17.3 Å². The monoisotopic (exact) mass is 436 g/mol. The quantitative estimate of drug-likeness (QED) is 0.323. The Morgan fingerprint density at radius 2 is 1.70 bits per heavy atom. The number of hydrogen-bond donors (Lipinski definition) is 0. The summed E-state index contributed by atoms with van der Waals surface area (Å²) in [6, 6.07) is 19.7. The lowest BCUT2D eigenvalue weighted by Crippen LogP contribution is -2.23. The Hall–Kier alpha value is -3.16. The minimum atomic E-state index is -0.394. The van der Waals surface area contributed by atoms with E-state index in [1.807, 2.05) is 12.1 Å². The van der Waals surface area contributed by atoms with Crippen LogP contribution in [-0.2, 0) is 6.54 Å². The van der Waals surface area contributed by atoms with Gasteiger partial charge in [0.2, 0.25) is 0 Å². The van der Waals surface area contributed by atoms with Crippen molar-refractivity contribution in [3.05, 3.63) is 104 Å². The molecule has 0 aliphatic carbocycles. The van der Waals surface area contributed by atoms with Gasteiger partial charge in [-0.25, -0.2) is 8.78 Å². The standard InChI is InChI=1S/C23H14F2N2OS2/c24-15-7-5-6-14(12-15)13-26-21-20(16-8-1-3-10-18(16)25)30-23(29)27(21)19-11-4-2-9-17(19)22(26)28/h1-12H,13H2. The normalized spacial score (nSPS) is 11.4. The summed E-state index contributed by atoms with van der Waals surface area (Å²) >= 11 is 6.87. The third-order valence-electron chi connectivity index (χ3n) is 5.01. The maximum Gasteiger partial charge on any atom is 0.261 e. The van der Waals surface area contributed by atoms with Crippen LogP contribution in [0.5, 0.6) is 0 Å². The van der Waals surface area contributed by atoms with Crippen LogP contribution in [0.4, 0.5) is 8.78 Å². The van der Waals surface area contributed by atoms with E-state index in [0.29, 0.717) is 36.5 Å². The predicted octanol–water partition coefficient (Wildman–Crippen LogP) is 6.04. The topological polar surface area (TPSA) is 26.4 Å². The molecule has 0 amide bonds. The van der Waals surface area contributed by atoms with Crippen molar-refractivity contribution in [1.29, 1.82) is 0 Å². The fourth-order valence-corrected chi connectivity index (χ4v) is 5.15. The average Bonchev–Trinajstić information content (AvgIpc) is 3.08. The molecule has 0 atom stereocenters. The number of rotatable bonds is 3. The Bertz CT molecular complexity index is 1550. The highest BCUT2D eigenvalue weighted by Gasteiger charge is 2.20. The molecule has 7 heteroatoms. The minimum absolute atomic E-state index is 0.137. The van der Waals surface area contributed by atoms with Crippen LogP contribution >= 0.6 is 23.6 Å². The summed E-state index contributed by atoms with van der Waals surface area (Å²) in [7, 11) is 0. The molecule has 0 saturated carbocycles. The van der Waals surface area contributed by atoms with Gasteiger partial charge in [0.05, 0.1) is 22.3 Å². The molecular formula is C23H14F2N2OS2. The highest BCUT2D eigenvalue weighted by atomic mass is 32.1. The molecule has 2 aromatic heterocycles. The molecule has 3 aromatic carbocycles. The first kappa shape index (κ1) is 18.8. The molecule has 30 heavy (non-hydrogen) atoms. The number of hydrogen-bond acceptors (Lipinski definition) is 3. The summed E-state index contributed by atoms with van der Waals surface area (Å²) in [5.74, 6) is -0.775. The van der Waals surface area contributed by atoms with Crippen molar-refractivity contribution in [2.45, 2.75) is 6.54 Å². The Morgan fingerprint density at radius 3 is 2.50 bits per heavy atom. The van der Waals surface area contributed by atoms with E-state index in [9.17, 15) is 13.6 Å². The van der Waals surface area contributed by atoms with Crippen LogP contribution < -0.4 is 5.56 Å². The number of thiazole rings is 1. The number of fused-ring (bicyclic) bond motifs is 3. The van der Waals surface area contributed by atoms with Crippen LogP contribution in [0, 0.1) is 15.6 Å². The molecule has 2 heterocycles. The maximum absolute atomic E-state index is 14.7. The molecule has 0 bridgehead atoms. The van der Waals surface area contributed by atoms with E-state index in [-0.39, 0.29) is 17.9 Å². The number of benzene rings is 3. The summed E-state index contributed by atoms with van der Waals surface area (Å²) in [6.45, 7) is 0.137. The van der Waals surface area contributed by atoms with Gasteiger partial charge in [0.25, 0.3) is 5.56 Å². The van der Waals surface area contributed by atoms with Gasteiger partial charge in [0, 0.05) is 5.56 Å². The SMILES string of the molecule is O=c1c2ccccc2n2c(=S)sc(-c3ccccc3F)c2n1Cc1cccc(F)c1. The third kappa shape index (κ3) is 2.98. The van der Waals surface area contributed by atoms with E-state index in [0.717, 1.165) is 0 Å². The molecule has 0 aliphatic rings. The second-order valence-corrected chi connectivity index (χ2v) is 8.52. The summed E-state index contributed by atoms with van der Waals surface area (Å²) in [5, 5.41) is 0.496. The fourth-order valence-electron chi connectivity index (χ4n) is 3.70. The second kappa shape index (κ2) is 7.27. The van der Waals surface area contributed by atoms with Crippen molar-refractivity contribution in [2.75, 3.05) is 0 Å². The van der Waals surface area contributed by atoms with Gasteiger partial charge in [-0.1, -0.05) is 42.5 Å². The lowest BCUT2D eigenvalue weighted by molar-refractivity contribution is 0.623. The van der Waals surface area contributed by atoms with Crippen molar-refractivity contribution in [3.8, 4) is 10.4 Å². The molecular weight excluding hydrogens is 422 g/mol. The van der Waals surface area contributed by atoms with Gasteiger partial charge in [0.15, 0.2) is 3.95 Å². The largest absolute Gasteiger partial charge is 0.288 e. The Labute approximate surface area is 179 Å². The van der Waals surface area contributed by atoms with Crippen LogP contribution in [0.3, 0.4) is 0 Å². The molecule has 0 radical (unpaired) electrons. The number of aromatic nitrogens is 2. The summed E-state index contributed by atoms with van der Waals surface area (Å²) in [4.78, 5) is 14.0. The molecule has 0 unspecified atom stereocenters. The zero-order chi connectivity index (χ0) is 20.8.